The van der Waals surface area contributed by atoms with Gasteiger partial charge in [-0.25, -0.2) is 0 Å². The Hall–Kier alpha value is -0.0400. The van der Waals surface area contributed by atoms with Crippen molar-refractivity contribution in [2.75, 3.05) is 0 Å². The van der Waals surface area contributed by atoms with Crippen LogP contribution in [0, 0.1) is 0 Å². The van der Waals surface area contributed by atoms with Crippen LogP contribution in [0.2, 0.25) is 0 Å². The summed E-state index contributed by atoms with van der Waals surface area (Å²) in [7, 11) is 0. The van der Waals surface area contributed by atoms with Crippen LogP contribution in [0.5, 0.6) is 0 Å². The van der Waals surface area contributed by atoms with E-state index in [0.717, 1.165) is 19.3 Å². The van der Waals surface area contributed by atoms with Crippen LogP contribution >= 0.6 is 0 Å². The van der Waals surface area contributed by atoms with Gasteiger partial charge in [-0.15, -0.1) is 0 Å². The standard InChI is InChI=1S/C6H14O.C3H8/c1-3-5-6(7)4-2;1-3-2/h6-7H,3-5H2,1-2H3;3H2,1-2H3. The second-order valence-corrected chi connectivity index (χ2v) is 2.56. The molecule has 0 aliphatic heterocycles. The lowest BCUT2D eigenvalue weighted by Crippen LogP contribution is -2.01. The highest BCUT2D eigenvalue weighted by Gasteiger charge is 1.94. The van der Waals surface area contributed by atoms with Gasteiger partial charge in [-0.1, -0.05) is 40.5 Å². The molecule has 1 unspecified atom stereocenters. The summed E-state index contributed by atoms with van der Waals surface area (Å²) >= 11 is 0. The van der Waals surface area contributed by atoms with Gasteiger partial charge in [0, 0.05) is 0 Å². The zero-order valence-corrected chi connectivity index (χ0v) is 7.85. The van der Waals surface area contributed by atoms with Crippen LogP contribution in [0.15, 0.2) is 0 Å². The summed E-state index contributed by atoms with van der Waals surface area (Å²) in [6.45, 7) is 8.33. The third-order valence-corrected chi connectivity index (χ3v) is 1.09. The maximum absolute atomic E-state index is 8.86. The topological polar surface area (TPSA) is 20.2 Å². The van der Waals surface area contributed by atoms with Gasteiger partial charge in [-0.05, 0) is 12.8 Å². The van der Waals surface area contributed by atoms with Gasteiger partial charge < -0.3 is 5.11 Å². The molecule has 0 aromatic carbocycles. The van der Waals surface area contributed by atoms with E-state index in [9.17, 15) is 0 Å². The summed E-state index contributed by atoms with van der Waals surface area (Å²) in [6.07, 6.45) is 4.14. The molecule has 0 rings (SSSR count). The number of aliphatic hydroxyl groups is 1. The van der Waals surface area contributed by atoms with Gasteiger partial charge >= 0.3 is 0 Å². The van der Waals surface area contributed by atoms with Crippen molar-refractivity contribution in [1.29, 1.82) is 0 Å². The van der Waals surface area contributed by atoms with Gasteiger partial charge in [0.05, 0.1) is 6.10 Å². The normalized spacial score (nSPS) is 11.7. The molecule has 0 heterocycles. The molecule has 0 saturated carbocycles. The Kier molecular flexibility index (Phi) is 14.8. The molecule has 1 atom stereocenters. The monoisotopic (exact) mass is 146 g/mol. The van der Waals surface area contributed by atoms with E-state index in [-0.39, 0.29) is 6.10 Å². The van der Waals surface area contributed by atoms with E-state index in [0.29, 0.717) is 0 Å². The van der Waals surface area contributed by atoms with Gasteiger partial charge in [-0.2, -0.15) is 0 Å². The van der Waals surface area contributed by atoms with Crippen molar-refractivity contribution < 1.29 is 5.11 Å². The van der Waals surface area contributed by atoms with Crippen LogP contribution < -0.4 is 0 Å². The number of hydrogen-bond acceptors (Lipinski definition) is 1. The van der Waals surface area contributed by atoms with Gasteiger partial charge in [0.25, 0.3) is 0 Å². The molecule has 0 radical (unpaired) electrons. The first-order valence-electron chi connectivity index (χ1n) is 4.40. The second-order valence-electron chi connectivity index (χ2n) is 2.56. The Balaban J connectivity index is 0. The molecule has 10 heavy (non-hydrogen) atoms. The number of rotatable bonds is 3. The Morgan fingerprint density at radius 1 is 1.10 bits per heavy atom. The molecule has 0 bridgehead atoms. The van der Waals surface area contributed by atoms with E-state index < -0.39 is 0 Å². The van der Waals surface area contributed by atoms with E-state index in [1.165, 1.54) is 6.42 Å². The molecule has 0 aliphatic rings. The summed E-state index contributed by atoms with van der Waals surface area (Å²) in [5, 5.41) is 8.86. The number of hydrogen-bond donors (Lipinski definition) is 1. The van der Waals surface area contributed by atoms with Crippen molar-refractivity contribution in [3.8, 4) is 0 Å². The smallest absolute Gasteiger partial charge is 0.0537 e. The zero-order chi connectivity index (χ0) is 8.41. The predicted molar refractivity (Wildman–Crippen MR) is 47.2 cm³/mol. The molecule has 0 fully saturated rings. The highest BCUT2D eigenvalue weighted by atomic mass is 16.3. The molecular weight excluding hydrogens is 124 g/mol. The summed E-state index contributed by atoms with van der Waals surface area (Å²) in [5.41, 5.74) is 0. The average molecular weight is 146 g/mol. The SMILES string of the molecule is CCC.CCCC(O)CC. The predicted octanol–water partition coefficient (Wildman–Crippen LogP) is 2.97. The summed E-state index contributed by atoms with van der Waals surface area (Å²) < 4.78 is 0. The van der Waals surface area contributed by atoms with Crippen LogP contribution in [-0.4, -0.2) is 11.2 Å². The fourth-order valence-electron chi connectivity index (χ4n) is 0.537. The van der Waals surface area contributed by atoms with Crippen molar-refractivity contribution in [3.63, 3.8) is 0 Å². The van der Waals surface area contributed by atoms with Gasteiger partial charge in [0.2, 0.25) is 0 Å². The molecule has 0 spiro atoms. The van der Waals surface area contributed by atoms with E-state index in [1.807, 2.05) is 6.92 Å². The lowest BCUT2D eigenvalue weighted by atomic mass is 10.2. The van der Waals surface area contributed by atoms with Crippen LogP contribution in [0.3, 0.4) is 0 Å². The minimum atomic E-state index is -0.0509. The van der Waals surface area contributed by atoms with Gasteiger partial charge in [0.15, 0.2) is 0 Å². The minimum Gasteiger partial charge on any atom is -0.393 e. The first-order valence-corrected chi connectivity index (χ1v) is 4.40. The Bertz CT molecular complexity index is 44.0. The maximum Gasteiger partial charge on any atom is 0.0537 e. The molecule has 0 aromatic heterocycles. The molecule has 0 saturated heterocycles. The van der Waals surface area contributed by atoms with Crippen LogP contribution in [0.25, 0.3) is 0 Å². The van der Waals surface area contributed by atoms with Crippen LogP contribution in [0.1, 0.15) is 53.4 Å². The fourth-order valence-corrected chi connectivity index (χ4v) is 0.537. The van der Waals surface area contributed by atoms with E-state index in [4.69, 9.17) is 5.11 Å². The van der Waals surface area contributed by atoms with Crippen LogP contribution in [0.4, 0.5) is 0 Å². The van der Waals surface area contributed by atoms with Crippen molar-refractivity contribution in [3.05, 3.63) is 0 Å². The molecule has 1 N–H and O–H groups in total. The van der Waals surface area contributed by atoms with Gasteiger partial charge in [0.1, 0.15) is 0 Å². The van der Waals surface area contributed by atoms with Crippen molar-refractivity contribution in [2.24, 2.45) is 0 Å². The molecule has 1 heteroatoms. The number of aliphatic hydroxyl groups excluding tert-OH is 1. The quantitative estimate of drug-likeness (QED) is 0.649. The fraction of sp³-hybridized carbons (Fsp3) is 1.00. The lowest BCUT2D eigenvalue weighted by molar-refractivity contribution is 0.159. The Labute approximate surface area is 65.5 Å². The van der Waals surface area contributed by atoms with E-state index >= 15 is 0 Å². The zero-order valence-electron chi connectivity index (χ0n) is 7.85. The Morgan fingerprint density at radius 3 is 1.60 bits per heavy atom. The molecular formula is C9H22O. The highest BCUT2D eigenvalue weighted by Crippen LogP contribution is 1.98. The van der Waals surface area contributed by atoms with Crippen LogP contribution in [-0.2, 0) is 0 Å². The molecule has 0 aromatic rings. The van der Waals surface area contributed by atoms with Crippen molar-refractivity contribution in [1.82, 2.24) is 0 Å². The van der Waals surface area contributed by atoms with E-state index in [2.05, 4.69) is 20.8 Å². The molecule has 1 nitrogen and oxygen atoms in total. The average Bonchev–Trinajstić information content (AvgIpc) is 1.90. The summed E-state index contributed by atoms with van der Waals surface area (Å²) in [6, 6.07) is 0. The Morgan fingerprint density at radius 2 is 1.50 bits per heavy atom. The first kappa shape index (κ1) is 12.6. The van der Waals surface area contributed by atoms with E-state index in [1.54, 1.807) is 0 Å². The second kappa shape index (κ2) is 11.7. The maximum atomic E-state index is 8.86. The summed E-state index contributed by atoms with van der Waals surface area (Å²) in [5.74, 6) is 0. The van der Waals surface area contributed by atoms with Crippen molar-refractivity contribution >= 4 is 0 Å². The van der Waals surface area contributed by atoms with Gasteiger partial charge in [-0.3, -0.25) is 0 Å². The first-order chi connectivity index (χ1) is 4.72. The minimum absolute atomic E-state index is 0.0509. The third-order valence-electron chi connectivity index (χ3n) is 1.09. The molecule has 0 aliphatic carbocycles. The summed E-state index contributed by atoms with van der Waals surface area (Å²) in [4.78, 5) is 0. The molecule has 0 amide bonds. The third kappa shape index (κ3) is 15.7. The highest BCUT2D eigenvalue weighted by molar-refractivity contribution is 4.47. The lowest BCUT2D eigenvalue weighted by Gasteiger charge is -2.01. The molecule has 64 valence electrons. The largest absolute Gasteiger partial charge is 0.393 e. The van der Waals surface area contributed by atoms with Crippen molar-refractivity contribution in [2.45, 2.75) is 59.5 Å².